The molecule has 1 aliphatic carbocycles. The number of nitrogens with one attached hydrogen (secondary N) is 1. The summed E-state index contributed by atoms with van der Waals surface area (Å²) in [6, 6.07) is 7.70. The van der Waals surface area contributed by atoms with E-state index in [4.69, 9.17) is 4.74 Å². The Kier molecular flexibility index (Phi) is 5.39. The van der Waals surface area contributed by atoms with Crippen LogP contribution in [0.3, 0.4) is 0 Å². The molecule has 118 valence electrons. The molecule has 0 radical (unpaired) electrons. The minimum atomic E-state index is -0.170. The van der Waals surface area contributed by atoms with Crippen LogP contribution in [0.4, 0.5) is 4.39 Å². The first-order valence-electron chi connectivity index (χ1n) is 8.11. The van der Waals surface area contributed by atoms with Gasteiger partial charge in [-0.25, -0.2) is 4.39 Å². The minimum Gasteiger partial charge on any atom is -0.378 e. The summed E-state index contributed by atoms with van der Waals surface area (Å²) in [5, 5.41) is 3.74. The van der Waals surface area contributed by atoms with Crippen molar-refractivity contribution in [2.24, 2.45) is 5.41 Å². The zero-order chi connectivity index (χ0) is 15.5. The third-order valence-electron chi connectivity index (χ3n) is 5.05. The lowest BCUT2D eigenvalue weighted by Crippen LogP contribution is -2.63. The van der Waals surface area contributed by atoms with Crippen LogP contribution in [0.15, 0.2) is 24.3 Å². The molecule has 4 atom stereocenters. The first-order chi connectivity index (χ1) is 9.99. The van der Waals surface area contributed by atoms with Gasteiger partial charge in [-0.3, -0.25) is 0 Å². The van der Waals surface area contributed by atoms with Crippen LogP contribution in [-0.2, 0) is 11.2 Å². The molecule has 2 rings (SSSR count). The van der Waals surface area contributed by atoms with Crippen LogP contribution < -0.4 is 5.32 Å². The Hall–Kier alpha value is -0.930. The predicted molar refractivity (Wildman–Crippen MR) is 84.9 cm³/mol. The zero-order valence-electron chi connectivity index (χ0n) is 13.7. The Balaban J connectivity index is 1.88. The van der Waals surface area contributed by atoms with Gasteiger partial charge in [-0.2, -0.15) is 0 Å². The highest BCUT2D eigenvalue weighted by molar-refractivity contribution is 5.17. The summed E-state index contributed by atoms with van der Waals surface area (Å²) in [6.45, 7) is 9.61. The molecule has 1 aliphatic rings. The van der Waals surface area contributed by atoms with Crippen molar-refractivity contribution < 1.29 is 9.13 Å². The van der Waals surface area contributed by atoms with Crippen molar-refractivity contribution in [2.45, 2.75) is 65.1 Å². The monoisotopic (exact) mass is 293 g/mol. The molecule has 0 saturated heterocycles. The van der Waals surface area contributed by atoms with E-state index in [1.54, 1.807) is 0 Å². The highest BCUT2D eigenvalue weighted by atomic mass is 19.1. The predicted octanol–water partition coefficient (Wildman–Crippen LogP) is 3.94. The van der Waals surface area contributed by atoms with Crippen LogP contribution in [0, 0.1) is 11.2 Å². The van der Waals surface area contributed by atoms with Crippen molar-refractivity contribution in [3.05, 3.63) is 35.6 Å². The summed E-state index contributed by atoms with van der Waals surface area (Å²) in [6.07, 6.45) is 3.52. The summed E-state index contributed by atoms with van der Waals surface area (Å²) in [7, 11) is 0. The number of rotatable bonds is 7. The molecular formula is C18H28FNO. The molecule has 0 amide bonds. The average molecular weight is 293 g/mol. The summed E-state index contributed by atoms with van der Waals surface area (Å²) in [4.78, 5) is 0. The lowest BCUT2D eigenvalue weighted by atomic mass is 9.61. The Morgan fingerprint density at radius 3 is 2.57 bits per heavy atom. The third-order valence-corrected chi connectivity index (χ3v) is 5.05. The Bertz CT molecular complexity index is 447. The summed E-state index contributed by atoms with van der Waals surface area (Å²) < 4.78 is 18.8. The second kappa shape index (κ2) is 6.89. The van der Waals surface area contributed by atoms with Crippen molar-refractivity contribution in [1.82, 2.24) is 5.32 Å². The Labute approximate surface area is 128 Å². The fraction of sp³-hybridized carbons (Fsp3) is 0.667. The van der Waals surface area contributed by atoms with Gasteiger partial charge < -0.3 is 10.1 Å². The normalized spacial score (nSPS) is 30.0. The quantitative estimate of drug-likeness (QED) is 0.822. The first-order valence-corrected chi connectivity index (χ1v) is 8.11. The smallest absolute Gasteiger partial charge is 0.123 e. The molecule has 1 aromatic rings. The molecular weight excluding hydrogens is 265 g/mol. The van der Waals surface area contributed by atoms with Crippen LogP contribution in [-0.4, -0.2) is 24.8 Å². The van der Waals surface area contributed by atoms with Gasteiger partial charge in [0.15, 0.2) is 0 Å². The minimum absolute atomic E-state index is 0.170. The van der Waals surface area contributed by atoms with E-state index in [-0.39, 0.29) is 11.2 Å². The maximum Gasteiger partial charge on any atom is 0.123 e. The molecule has 1 aromatic carbocycles. The number of halogens is 1. The number of benzene rings is 1. The van der Waals surface area contributed by atoms with E-state index < -0.39 is 0 Å². The van der Waals surface area contributed by atoms with Crippen molar-refractivity contribution in [2.75, 3.05) is 6.61 Å². The van der Waals surface area contributed by atoms with Crippen LogP contribution >= 0.6 is 0 Å². The summed E-state index contributed by atoms with van der Waals surface area (Å²) >= 11 is 0. The van der Waals surface area contributed by atoms with E-state index in [0.29, 0.717) is 18.2 Å². The number of hydrogen-bond acceptors (Lipinski definition) is 2. The molecule has 2 nitrogen and oxygen atoms in total. The van der Waals surface area contributed by atoms with Gasteiger partial charge in [0.2, 0.25) is 0 Å². The SMILES string of the molecule is CCOC1CC(NC(C)Cc2ccc(F)cc2)C1(C)CC. The zero-order valence-corrected chi connectivity index (χ0v) is 13.7. The molecule has 4 unspecified atom stereocenters. The van der Waals surface area contributed by atoms with Gasteiger partial charge in [0, 0.05) is 24.1 Å². The van der Waals surface area contributed by atoms with Crippen LogP contribution in [0.25, 0.3) is 0 Å². The van der Waals surface area contributed by atoms with E-state index >= 15 is 0 Å². The summed E-state index contributed by atoms with van der Waals surface area (Å²) in [5.74, 6) is -0.170. The molecule has 1 N–H and O–H groups in total. The van der Waals surface area contributed by atoms with Crippen molar-refractivity contribution >= 4 is 0 Å². The van der Waals surface area contributed by atoms with Gasteiger partial charge in [-0.05, 0) is 50.8 Å². The maximum absolute atomic E-state index is 12.9. The highest BCUT2D eigenvalue weighted by Crippen LogP contribution is 2.46. The average Bonchev–Trinajstić information content (AvgIpc) is 2.47. The lowest BCUT2D eigenvalue weighted by Gasteiger charge is -2.54. The van der Waals surface area contributed by atoms with Crippen LogP contribution in [0.5, 0.6) is 0 Å². The highest BCUT2D eigenvalue weighted by Gasteiger charge is 2.51. The molecule has 0 spiro atoms. The molecule has 3 heteroatoms. The van der Waals surface area contributed by atoms with Crippen LogP contribution in [0.1, 0.15) is 46.1 Å². The molecule has 0 bridgehead atoms. The first kappa shape index (κ1) is 16.4. The van der Waals surface area contributed by atoms with Crippen molar-refractivity contribution in [1.29, 1.82) is 0 Å². The molecule has 0 aromatic heterocycles. The fourth-order valence-electron chi connectivity index (χ4n) is 3.38. The Morgan fingerprint density at radius 2 is 2.00 bits per heavy atom. The number of ether oxygens (including phenoxy) is 1. The van der Waals surface area contributed by atoms with E-state index in [1.807, 2.05) is 12.1 Å². The van der Waals surface area contributed by atoms with Crippen molar-refractivity contribution in [3.63, 3.8) is 0 Å². The summed E-state index contributed by atoms with van der Waals surface area (Å²) in [5.41, 5.74) is 1.41. The largest absolute Gasteiger partial charge is 0.378 e. The Morgan fingerprint density at radius 1 is 1.33 bits per heavy atom. The van der Waals surface area contributed by atoms with E-state index in [2.05, 4.69) is 33.0 Å². The molecule has 0 aliphatic heterocycles. The van der Waals surface area contributed by atoms with E-state index in [9.17, 15) is 4.39 Å². The topological polar surface area (TPSA) is 21.3 Å². The van der Waals surface area contributed by atoms with Gasteiger partial charge in [0.05, 0.1) is 6.10 Å². The molecule has 21 heavy (non-hydrogen) atoms. The van der Waals surface area contributed by atoms with E-state index in [1.165, 1.54) is 17.7 Å². The standard InChI is InChI=1S/C18H28FNO/c1-5-18(4)16(12-17(18)21-6-2)20-13(3)11-14-7-9-15(19)10-8-14/h7-10,13,16-17,20H,5-6,11-12H2,1-4H3. The van der Waals surface area contributed by atoms with Gasteiger partial charge in [0.1, 0.15) is 5.82 Å². The second-order valence-corrected chi connectivity index (χ2v) is 6.49. The lowest BCUT2D eigenvalue weighted by molar-refractivity contribution is -0.127. The van der Waals surface area contributed by atoms with Gasteiger partial charge in [0.25, 0.3) is 0 Å². The van der Waals surface area contributed by atoms with Crippen LogP contribution in [0.2, 0.25) is 0 Å². The van der Waals surface area contributed by atoms with Crippen molar-refractivity contribution in [3.8, 4) is 0 Å². The molecule has 0 heterocycles. The third kappa shape index (κ3) is 3.64. The molecule has 1 saturated carbocycles. The fourth-order valence-corrected chi connectivity index (χ4v) is 3.38. The maximum atomic E-state index is 12.9. The van der Waals surface area contributed by atoms with E-state index in [0.717, 1.165) is 25.9 Å². The van der Waals surface area contributed by atoms with Gasteiger partial charge in [-0.15, -0.1) is 0 Å². The number of hydrogen-bond donors (Lipinski definition) is 1. The van der Waals surface area contributed by atoms with Gasteiger partial charge >= 0.3 is 0 Å². The molecule has 1 fully saturated rings. The second-order valence-electron chi connectivity index (χ2n) is 6.49. The van der Waals surface area contributed by atoms with Gasteiger partial charge in [-0.1, -0.05) is 26.0 Å².